The smallest absolute Gasteiger partial charge is 0.342 e. The number of carbonyl (C=O) groups is 5. The number of carbonyl (C=O) groups excluding carboxylic acids is 5. The van der Waals surface area contributed by atoms with Crippen molar-refractivity contribution in [3.05, 3.63) is 69.8 Å². The van der Waals surface area contributed by atoms with Crippen molar-refractivity contribution in [2.75, 3.05) is 42.7 Å². The van der Waals surface area contributed by atoms with Crippen LogP contribution < -0.4 is 28.4 Å². The monoisotopic (exact) mass is 882 g/mol. The molecule has 0 bridgehead atoms. The molecule has 6 atom stereocenters. The third kappa shape index (κ3) is 13.4. The molecule has 1 heterocycles. The van der Waals surface area contributed by atoms with Crippen LogP contribution >= 0.6 is 0 Å². The molecule has 17 nitrogen and oxygen atoms in total. The lowest BCUT2D eigenvalue weighted by Gasteiger charge is -2.23. The van der Waals surface area contributed by atoms with Crippen LogP contribution in [0.2, 0.25) is 0 Å². The van der Waals surface area contributed by atoms with Crippen molar-refractivity contribution in [3.63, 3.8) is 0 Å². The van der Waals surface area contributed by atoms with Crippen molar-refractivity contribution < 1.29 is 81.2 Å². The van der Waals surface area contributed by atoms with E-state index in [2.05, 4.69) is 0 Å². The summed E-state index contributed by atoms with van der Waals surface area (Å²) in [5.41, 5.74) is 1.13. The maximum Gasteiger partial charge on any atom is 0.342 e. The molecule has 0 saturated heterocycles. The molecular weight excluding hydrogens is 824 g/mol. The van der Waals surface area contributed by atoms with Crippen molar-refractivity contribution in [3.8, 4) is 34.5 Å². The molecule has 1 aliphatic rings. The Morgan fingerprint density at radius 1 is 0.413 bits per heavy atom. The zero-order valence-corrected chi connectivity index (χ0v) is 37.7. The predicted molar refractivity (Wildman–Crippen MR) is 225 cm³/mol. The first-order chi connectivity index (χ1) is 29.9. The zero-order valence-electron chi connectivity index (χ0n) is 37.7. The van der Waals surface area contributed by atoms with Gasteiger partial charge in [0.2, 0.25) is 0 Å². The normalized spacial score (nSPS) is 22.4. The van der Waals surface area contributed by atoms with Gasteiger partial charge in [-0.2, -0.15) is 0 Å². The number of esters is 5. The van der Waals surface area contributed by atoms with Gasteiger partial charge in [0.05, 0.1) is 61.6 Å². The van der Waals surface area contributed by atoms with Gasteiger partial charge in [0.1, 0.15) is 81.7 Å². The van der Waals surface area contributed by atoms with E-state index >= 15 is 0 Å². The standard InChI is InChI=1S/C46H58O17/c1-24-12-29-18-33(53-6)21-36(56-9)41(29)44(50)61-26(3)14-32(47)17-31-20-35(55-8)23-38(58-11)43(31)46(52)63-28(5)16-40(49)60-25(2)13-30-19-34(54-7)22-37(57-10)42(30)45(51)62-27(4)15-39(48)59-24/h18-28,32,47H,12-17H2,1-11H3. The average Bonchev–Trinajstić information content (AvgIpc) is 3.21. The highest BCUT2D eigenvalue weighted by molar-refractivity contribution is 5.96. The number of hydrogen-bond acceptors (Lipinski definition) is 17. The Labute approximate surface area is 367 Å². The van der Waals surface area contributed by atoms with Gasteiger partial charge < -0.3 is 57.2 Å². The summed E-state index contributed by atoms with van der Waals surface area (Å²) in [6.45, 7) is 7.91. The second-order valence-corrected chi connectivity index (χ2v) is 15.3. The Balaban J connectivity index is 1.74. The molecule has 63 heavy (non-hydrogen) atoms. The second-order valence-electron chi connectivity index (χ2n) is 15.3. The number of aliphatic hydroxyl groups is 1. The summed E-state index contributed by atoms with van der Waals surface area (Å²) in [7, 11) is 8.43. The van der Waals surface area contributed by atoms with E-state index in [1.807, 2.05) is 0 Å². The Bertz CT molecular complexity index is 2110. The lowest BCUT2D eigenvalue weighted by molar-refractivity contribution is -0.151. The van der Waals surface area contributed by atoms with Gasteiger partial charge in [-0.05, 0) is 75.9 Å². The highest BCUT2D eigenvalue weighted by Crippen LogP contribution is 2.35. The summed E-state index contributed by atoms with van der Waals surface area (Å²) >= 11 is 0. The number of ether oxygens (including phenoxy) is 11. The number of hydrogen-bond donors (Lipinski definition) is 1. The summed E-state index contributed by atoms with van der Waals surface area (Å²) in [6, 6.07) is 9.24. The van der Waals surface area contributed by atoms with Gasteiger partial charge in [-0.3, -0.25) is 9.59 Å². The highest BCUT2D eigenvalue weighted by atomic mass is 16.6. The SMILES string of the molecule is COc1cc2c(c(OC)c1)C(=O)OC(C)CC(=O)OC(C)Cc1cc(OC)cc(OC)c1C(=O)OC(C)CC(=O)OC(C)Cc1cc(OC)cc(OC)c1C(=O)OC(C)CC(O)C2. The summed E-state index contributed by atoms with van der Waals surface area (Å²) in [6.07, 6.45) is -6.33. The topological polar surface area (TPSA) is 207 Å². The first-order valence-corrected chi connectivity index (χ1v) is 20.4. The van der Waals surface area contributed by atoms with Crippen LogP contribution in [0, 0.1) is 0 Å². The maximum atomic E-state index is 13.9. The van der Waals surface area contributed by atoms with Crippen molar-refractivity contribution in [2.24, 2.45) is 0 Å². The van der Waals surface area contributed by atoms with Gasteiger partial charge in [0, 0.05) is 37.5 Å². The summed E-state index contributed by atoms with van der Waals surface area (Å²) in [4.78, 5) is 67.9. The molecule has 0 radical (unpaired) electrons. The number of aliphatic hydroxyl groups excluding tert-OH is 1. The van der Waals surface area contributed by atoms with Gasteiger partial charge in [-0.1, -0.05) is 0 Å². The number of rotatable bonds is 6. The first kappa shape index (κ1) is 49.4. The fraction of sp³-hybridized carbons (Fsp3) is 0.500. The minimum Gasteiger partial charge on any atom is -0.497 e. The Hall–Kier alpha value is -6.23. The summed E-state index contributed by atoms with van der Waals surface area (Å²) in [5.74, 6) is -2.40. The first-order valence-electron chi connectivity index (χ1n) is 20.4. The molecular formula is C46H58O17. The predicted octanol–water partition coefficient (Wildman–Crippen LogP) is 5.81. The number of cyclic esters (lactones) is 5. The Kier molecular flexibility index (Phi) is 17.8. The molecule has 17 heteroatoms. The van der Waals surface area contributed by atoms with E-state index in [9.17, 15) is 29.1 Å². The van der Waals surface area contributed by atoms with E-state index in [-0.39, 0.29) is 72.5 Å². The van der Waals surface area contributed by atoms with E-state index in [1.165, 1.54) is 74.7 Å². The molecule has 3 aromatic rings. The molecule has 6 unspecified atom stereocenters. The lowest BCUT2D eigenvalue weighted by Crippen LogP contribution is -2.27. The Morgan fingerprint density at radius 3 is 1.03 bits per heavy atom. The van der Waals surface area contributed by atoms with Crippen molar-refractivity contribution in [2.45, 2.75) is 110 Å². The number of methoxy groups -OCH3 is 6. The Morgan fingerprint density at radius 2 is 0.714 bits per heavy atom. The maximum absolute atomic E-state index is 13.9. The highest BCUT2D eigenvalue weighted by Gasteiger charge is 2.30. The molecule has 0 saturated carbocycles. The second kappa shape index (κ2) is 22.7. The molecule has 1 aliphatic heterocycles. The lowest BCUT2D eigenvalue weighted by atomic mass is 9.97. The van der Waals surface area contributed by atoms with Crippen LogP contribution in [-0.2, 0) is 52.5 Å². The van der Waals surface area contributed by atoms with E-state index < -0.39 is 66.5 Å². The van der Waals surface area contributed by atoms with Crippen LogP contribution in [0.1, 0.15) is 102 Å². The van der Waals surface area contributed by atoms with E-state index in [0.717, 1.165) is 0 Å². The quantitative estimate of drug-likeness (QED) is 0.229. The minimum absolute atomic E-state index is 0.00752. The van der Waals surface area contributed by atoms with Gasteiger partial charge in [-0.15, -0.1) is 0 Å². The minimum atomic E-state index is -1.15. The van der Waals surface area contributed by atoms with Crippen molar-refractivity contribution in [1.29, 1.82) is 0 Å². The molecule has 0 aromatic heterocycles. The zero-order chi connectivity index (χ0) is 46.5. The molecule has 0 spiro atoms. The van der Waals surface area contributed by atoms with Gasteiger partial charge in [0.25, 0.3) is 0 Å². The van der Waals surface area contributed by atoms with Gasteiger partial charge in [0.15, 0.2) is 0 Å². The van der Waals surface area contributed by atoms with Crippen molar-refractivity contribution >= 4 is 29.8 Å². The molecule has 4 rings (SSSR count). The number of benzene rings is 3. The summed E-state index contributed by atoms with van der Waals surface area (Å²) < 4.78 is 61.6. The molecule has 3 aromatic carbocycles. The molecule has 0 amide bonds. The van der Waals surface area contributed by atoms with Crippen LogP contribution in [0.25, 0.3) is 0 Å². The van der Waals surface area contributed by atoms with E-state index in [0.29, 0.717) is 33.9 Å². The fourth-order valence-electron chi connectivity index (χ4n) is 7.24. The molecule has 1 N–H and O–H groups in total. The molecule has 0 fully saturated rings. The van der Waals surface area contributed by atoms with Crippen LogP contribution in [0.15, 0.2) is 36.4 Å². The van der Waals surface area contributed by atoms with Crippen LogP contribution in [0.5, 0.6) is 34.5 Å². The largest absolute Gasteiger partial charge is 0.497 e. The van der Waals surface area contributed by atoms with Crippen LogP contribution in [0.4, 0.5) is 0 Å². The average molecular weight is 883 g/mol. The van der Waals surface area contributed by atoms with Crippen LogP contribution in [-0.4, -0.2) is 114 Å². The summed E-state index contributed by atoms with van der Waals surface area (Å²) in [5, 5.41) is 11.3. The number of fused-ring (bicyclic) bond motifs is 3. The van der Waals surface area contributed by atoms with Crippen molar-refractivity contribution in [1.82, 2.24) is 0 Å². The fourth-order valence-corrected chi connectivity index (χ4v) is 7.24. The van der Waals surface area contributed by atoms with E-state index in [1.54, 1.807) is 39.0 Å². The third-order valence-corrected chi connectivity index (χ3v) is 10.0. The van der Waals surface area contributed by atoms with Gasteiger partial charge in [-0.25, -0.2) is 14.4 Å². The molecule has 344 valence electrons. The van der Waals surface area contributed by atoms with Gasteiger partial charge >= 0.3 is 29.8 Å². The third-order valence-electron chi connectivity index (χ3n) is 10.0. The van der Waals surface area contributed by atoms with E-state index in [4.69, 9.17) is 52.1 Å². The molecule has 0 aliphatic carbocycles. The van der Waals surface area contributed by atoms with Crippen LogP contribution in [0.3, 0.4) is 0 Å².